The minimum Gasteiger partial charge on any atom is -0.504 e. The average molecular weight is 273 g/mol. The number of hydrogen-bond acceptors (Lipinski definition) is 4. The number of phenolic OH excluding ortho intramolecular Hbond substituents is 1. The number of fused-ring (bicyclic) bond motifs is 1. The van der Waals surface area contributed by atoms with Crippen molar-refractivity contribution < 1.29 is 14.3 Å². The molecular formula is C14H15N3O3. The van der Waals surface area contributed by atoms with E-state index in [4.69, 9.17) is 9.83 Å². The van der Waals surface area contributed by atoms with Crippen molar-refractivity contribution in [2.75, 3.05) is 7.05 Å². The molecule has 0 spiro atoms. The van der Waals surface area contributed by atoms with Crippen LogP contribution in [0.3, 0.4) is 0 Å². The zero-order chi connectivity index (χ0) is 14.5. The third-order valence-electron chi connectivity index (χ3n) is 3.68. The first-order valence-corrected chi connectivity index (χ1v) is 6.26. The lowest BCUT2D eigenvalue weighted by Crippen LogP contribution is -2.58. The van der Waals surface area contributed by atoms with Crippen LogP contribution in [0.4, 0.5) is 0 Å². The smallest absolute Gasteiger partial charge is 0.231 e. The van der Waals surface area contributed by atoms with Gasteiger partial charge in [-0.15, -0.1) is 0 Å². The van der Waals surface area contributed by atoms with Gasteiger partial charge in [-0.3, -0.25) is 15.1 Å². The van der Waals surface area contributed by atoms with Crippen molar-refractivity contribution in [2.45, 2.75) is 18.9 Å². The lowest BCUT2D eigenvalue weighted by molar-refractivity contribution is -0.129. The van der Waals surface area contributed by atoms with Crippen molar-refractivity contribution in [2.24, 2.45) is 0 Å². The van der Waals surface area contributed by atoms with Gasteiger partial charge in [0.2, 0.25) is 5.91 Å². The maximum atomic E-state index is 11.9. The lowest BCUT2D eigenvalue weighted by atomic mass is 9.92. The fraction of sp³-hybridized carbons (Fsp3) is 0.286. The summed E-state index contributed by atoms with van der Waals surface area (Å²) in [4.78, 5) is 13.2. The molecule has 6 heteroatoms. The first kappa shape index (κ1) is 12.5. The highest BCUT2D eigenvalue weighted by Crippen LogP contribution is 2.35. The van der Waals surface area contributed by atoms with Crippen LogP contribution in [0.1, 0.15) is 19.1 Å². The number of carbonyl (C=O) groups is 1. The van der Waals surface area contributed by atoms with E-state index in [-0.39, 0.29) is 24.0 Å². The maximum absolute atomic E-state index is 11.9. The molecule has 1 amide bonds. The van der Waals surface area contributed by atoms with Crippen LogP contribution >= 0.6 is 0 Å². The van der Waals surface area contributed by atoms with Crippen LogP contribution in [0, 0.1) is 5.41 Å². The van der Waals surface area contributed by atoms with Crippen molar-refractivity contribution >= 4 is 22.8 Å². The van der Waals surface area contributed by atoms with Crippen LogP contribution in [-0.4, -0.2) is 28.9 Å². The van der Waals surface area contributed by atoms with Crippen molar-refractivity contribution in [3.05, 3.63) is 30.0 Å². The van der Waals surface area contributed by atoms with Crippen LogP contribution in [-0.2, 0) is 10.3 Å². The molecule has 2 aromatic rings. The molecule has 0 saturated carbocycles. The zero-order valence-electron chi connectivity index (χ0n) is 11.2. The largest absolute Gasteiger partial charge is 0.504 e. The number of phenols is 1. The Morgan fingerprint density at radius 1 is 1.50 bits per heavy atom. The maximum Gasteiger partial charge on any atom is 0.231 e. The Hall–Kier alpha value is -2.50. The van der Waals surface area contributed by atoms with Gasteiger partial charge in [0.15, 0.2) is 17.3 Å². The van der Waals surface area contributed by atoms with Crippen molar-refractivity contribution in [3.63, 3.8) is 0 Å². The SMILES string of the molecule is CN1C(=N)NC(C)(c2cc3cccc(O)c3o2)CC1=O. The summed E-state index contributed by atoms with van der Waals surface area (Å²) in [6.45, 7) is 1.81. The van der Waals surface area contributed by atoms with E-state index in [2.05, 4.69) is 5.32 Å². The van der Waals surface area contributed by atoms with E-state index in [1.165, 1.54) is 4.90 Å². The highest BCUT2D eigenvalue weighted by Gasteiger charge is 2.40. The van der Waals surface area contributed by atoms with Gasteiger partial charge in [0.25, 0.3) is 0 Å². The molecule has 20 heavy (non-hydrogen) atoms. The summed E-state index contributed by atoms with van der Waals surface area (Å²) < 4.78 is 5.69. The molecule has 1 saturated heterocycles. The van der Waals surface area contributed by atoms with Gasteiger partial charge in [-0.1, -0.05) is 12.1 Å². The lowest BCUT2D eigenvalue weighted by Gasteiger charge is -2.37. The number of aromatic hydroxyl groups is 1. The molecule has 6 nitrogen and oxygen atoms in total. The minimum absolute atomic E-state index is 0.0356. The number of amides is 1. The first-order chi connectivity index (χ1) is 9.40. The molecule has 1 aromatic heterocycles. The van der Waals surface area contributed by atoms with Gasteiger partial charge >= 0.3 is 0 Å². The first-order valence-electron chi connectivity index (χ1n) is 6.26. The number of rotatable bonds is 1. The van der Waals surface area contributed by atoms with E-state index in [0.717, 1.165) is 5.39 Å². The Kier molecular flexibility index (Phi) is 2.50. The van der Waals surface area contributed by atoms with Crippen molar-refractivity contribution in [3.8, 4) is 5.75 Å². The molecule has 0 radical (unpaired) electrons. The molecule has 1 fully saturated rings. The molecule has 1 aliphatic heterocycles. The number of hydrogen-bond donors (Lipinski definition) is 3. The number of guanidine groups is 1. The Labute approximate surface area is 115 Å². The minimum atomic E-state index is -0.786. The van der Waals surface area contributed by atoms with E-state index >= 15 is 0 Å². The van der Waals surface area contributed by atoms with Gasteiger partial charge in [-0.2, -0.15) is 0 Å². The third kappa shape index (κ3) is 1.72. The number of carbonyl (C=O) groups excluding carboxylic acids is 1. The summed E-state index contributed by atoms with van der Waals surface area (Å²) in [7, 11) is 1.56. The summed E-state index contributed by atoms with van der Waals surface area (Å²) in [5.41, 5.74) is -0.394. The summed E-state index contributed by atoms with van der Waals surface area (Å²) >= 11 is 0. The highest BCUT2D eigenvalue weighted by molar-refractivity contribution is 5.99. The second kappa shape index (κ2) is 4.00. The second-order valence-corrected chi connectivity index (χ2v) is 5.24. The quantitative estimate of drug-likeness (QED) is 0.738. The number of para-hydroxylation sites is 1. The summed E-state index contributed by atoms with van der Waals surface area (Å²) in [5.74, 6) is 0.473. The molecular weight excluding hydrogens is 258 g/mol. The zero-order valence-corrected chi connectivity index (χ0v) is 11.2. The standard InChI is InChI=1S/C14H15N3O3/c1-14(7-11(19)17(2)13(15)16-14)10-6-8-4-3-5-9(18)12(8)20-10/h3-6,18H,7H2,1-2H3,(H2,15,16). The number of furan rings is 1. The van der Waals surface area contributed by atoms with Crippen LogP contribution in [0.5, 0.6) is 5.75 Å². The predicted molar refractivity (Wildman–Crippen MR) is 73.5 cm³/mol. The fourth-order valence-corrected chi connectivity index (χ4v) is 2.40. The Morgan fingerprint density at radius 2 is 2.25 bits per heavy atom. The van der Waals surface area contributed by atoms with Crippen LogP contribution in [0.2, 0.25) is 0 Å². The average Bonchev–Trinajstić information content (AvgIpc) is 2.82. The molecule has 104 valence electrons. The van der Waals surface area contributed by atoms with E-state index in [1.54, 1.807) is 32.2 Å². The van der Waals surface area contributed by atoms with E-state index in [9.17, 15) is 9.90 Å². The number of benzene rings is 1. The van der Waals surface area contributed by atoms with Gasteiger partial charge in [0.1, 0.15) is 11.3 Å². The fourth-order valence-electron chi connectivity index (χ4n) is 2.40. The molecule has 1 atom stereocenters. The molecule has 0 aliphatic carbocycles. The molecule has 2 heterocycles. The number of nitrogens with one attached hydrogen (secondary N) is 2. The van der Waals surface area contributed by atoms with Crippen molar-refractivity contribution in [1.29, 1.82) is 5.41 Å². The summed E-state index contributed by atoms with van der Waals surface area (Å²) in [5, 5.41) is 21.3. The van der Waals surface area contributed by atoms with E-state index in [1.807, 2.05) is 6.07 Å². The van der Waals surface area contributed by atoms with Crippen molar-refractivity contribution in [1.82, 2.24) is 10.2 Å². The number of nitrogens with zero attached hydrogens (tertiary/aromatic N) is 1. The molecule has 1 unspecified atom stereocenters. The third-order valence-corrected chi connectivity index (χ3v) is 3.68. The molecule has 0 bridgehead atoms. The molecule has 1 aliphatic rings. The monoisotopic (exact) mass is 273 g/mol. The van der Waals surface area contributed by atoms with Gasteiger partial charge in [0, 0.05) is 12.4 Å². The highest BCUT2D eigenvalue weighted by atomic mass is 16.4. The predicted octanol–water partition coefficient (Wildman–Crippen LogP) is 1.74. The van der Waals surface area contributed by atoms with Crippen LogP contribution in [0.25, 0.3) is 11.0 Å². The van der Waals surface area contributed by atoms with Gasteiger partial charge in [-0.05, 0) is 19.1 Å². The summed E-state index contributed by atoms with van der Waals surface area (Å²) in [6.07, 6.45) is 0.187. The Balaban J connectivity index is 2.08. The van der Waals surface area contributed by atoms with E-state index in [0.29, 0.717) is 11.3 Å². The topological polar surface area (TPSA) is 89.6 Å². The summed E-state index contributed by atoms with van der Waals surface area (Å²) in [6, 6.07) is 6.89. The van der Waals surface area contributed by atoms with Gasteiger partial charge in [0.05, 0.1) is 6.42 Å². The Morgan fingerprint density at radius 3 is 2.90 bits per heavy atom. The molecule has 3 rings (SSSR count). The molecule has 3 N–H and O–H groups in total. The van der Waals surface area contributed by atoms with Gasteiger partial charge < -0.3 is 14.8 Å². The second-order valence-electron chi connectivity index (χ2n) is 5.24. The van der Waals surface area contributed by atoms with Crippen LogP contribution < -0.4 is 5.32 Å². The van der Waals surface area contributed by atoms with Crippen LogP contribution in [0.15, 0.2) is 28.7 Å². The molecule has 1 aromatic carbocycles. The van der Waals surface area contributed by atoms with Gasteiger partial charge in [-0.25, -0.2) is 0 Å². The van der Waals surface area contributed by atoms with E-state index < -0.39 is 5.54 Å². The Bertz CT molecular complexity index is 702. The normalized spacial score (nSPS) is 23.2.